The van der Waals surface area contributed by atoms with Gasteiger partial charge in [-0.25, -0.2) is 0 Å². The Hall–Kier alpha value is -0.0800. The standard InChI is InChI=1S/C12H18NO4PS3/c1-16-18(15,19)17-9-10-3-5-11(6-4-10)12(14)13-7-8-21-20-2/h3-6H,7-9H2,1-2H3,(H,13,14)(H,15,19). The van der Waals surface area contributed by atoms with Gasteiger partial charge in [-0.15, -0.1) is 0 Å². The minimum absolute atomic E-state index is 0.103. The number of hydrogen-bond donors (Lipinski definition) is 2. The third-order valence-corrected chi connectivity index (χ3v) is 5.92. The van der Waals surface area contributed by atoms with Crippen LogP contribution in [0.15, 0.2) is 24.3 Å². The highest BCUT2D eigenvalue weighted by Crippen LogP contribution is 2.43. The molecular weight excluding hydrogens is 349 g/mol. The maximum Gasteiger partial charge on any atom is 0.324 e. The average molecular weight is 367 g/mol. The molecule has 1 aromatic carbocycles. The zero-order valence-corrected chi connectivity index (χ0v) is 15.1. The van der Waals surface area contributed by atoms with Gasteiger partial charge in [0.15, 0.2) is 0 Å². The van der Waals surface area contributed by atoms with Crippen LogP contribution >= 0.6 is 28.3 Å². The lowest BCUT2D eigenvalue weighted by atomic mass is 10.1. The highest BCUT2D eigenvalue weighted by Gasteiger charge is 2.12. The van der Waals surface area contributed by atoms with Crippen molar-refractivity contribution in [3.63, 3.8) is 0 Å². The molecule has 0 saturated heterocycles. The van der Waals surface area contributed by atoms with Gasteiger partial charge in [-0.3, -0.25) is 4.79 Å². The van der Waals surface area contributed by atoms with Crippen LogP contribution < -0.4 is 5.32 Å². The third kappa shape index (κ3) is 7.65. The summed E-state index contributed by atoms with van der Waals surface area (Å²) < 4.78 is 9.79. The van der Waals surface area contributed by atoms with E-state index in [-0.39, 0.29) is 12.5 Å². The first-order chi connectivity index (χ1) is 9.98. The van der Waals surface area contributed by atoms with Crippen molar-refractivity contribution in [3.8, 4) is 0 Å². The van der Waals surface area contributed by atoms with Gasteiger partial charge in [-0.05, 0) is 35.8 Å². The van der Waals surface area contributed by atoms with E-state index < -0.39 is 6.72 Å². The lowest BCUT2D eigenvalue weighted by Crippen LogP contribution is -2.25. The number of carbonyl (C=O) groups is 1. The Labute approximate surface area is 137 Å². The lowest BCUT2D eigenvalue weighted by Gasteiger charge is -2.12. The molecule has 0 saturated carbocycles. The molecule has 0 aliphatic carbocycles. The summed E-state index contributed by atoms with van der Waals surface area (Å²) in [5.74, 6) is 0.769. The van der Waals surface area contributed by atoms with Crippen LogP contribution in [0.25, 0.3) is 0 Å². The fourth-order valence-electron chi connectivity index (χ4n) is 1.35. The van der Waals surface area contributed by atoms with E-state index in [2.05, 4.69) is 9.84 Å². The smallest absolute Gasteiger partial charge is 0.324 e. The van der Waals surface area contributed by atoms with Crippen molar-refractivity contribution in [2.24, 2.45) is 0 Å². The van der Waals surface area contributed by atoms with Gasteiger partial charge in [0.1, 0.15) is 0 Å². The van der Waals surface area contributed by atoms with E-state index in [1.54, 1.807) is 45.9 Å². The molecule has 0 fully saturated rings. The molecule has 5 nitrogen and oxygen atoms in total. The first-order valence-electron chi connectivity index (χ1n) is 6.04. The van der Waals surface area contributed by atoms with Gasteiger partial charge in [0.25, 0.3) is 5.91 Å². The number of nitrogens with one attached hydrogen (secondary N) is 1. The molecule has 0 heterocycles. The Kier molecular flexibility index (Phi) is 8.89. The largest absolute Gasteiger partial charge is 0.351 e. The van der Waals surface area contributed by atoms with Gasteiger partial charge in [0.2, 0.25) is 0 Å². The SMILES string of the molecule is COP(O)(=S)OCc1ccc(C(=O)NCCSSC)cc1. The van der Waals surface area contributed by atoms with E-state index in [4.69, 9.17) is 16.3 Å². The molecule has 1 unspecified atom stereocenters. The predicted molar refractivity (Wildman–Crippen MR) is 93.1 cm³/mol. The van der Waals surface area contributed by atoms with Crippen LogP contribution in [0.5, 0.6) is 0 Å². The van der Waals surface area contributed by atoms with Crippen LogP contribution in [0.1, 0.15) is 15.9 Å². The van der Waals surface area contributed by atoms with Crippen LogP contribution in [0, 0.1) is 0 Å². The molecular formula is C12H18NO4PS3. The molecule has 1 atom stereocenters. The molecule has 118 valence electrons. The van der Waals surface area contributed by atoms with E-state index in [1.807, 2.05) is 6.26 Å². The quantitative estimate of drug-likeness (QED) is 0.395. The van der Waals surface area contributed by atoms with Crippen molar-refractivity contribution in [1.29, 1.82) is 0 Å². The lowest BCUT2D eigenvalue weighted by molar-refractivity contribution is 0.0956. The van der Waals surface area contributed by atoms with Gasteiger partial charge in [0.05, 0.1) is 6.61 Å². The summed E-state index contributed by atoms with van der Waals surface area (Å²) >= 11 is 4.73. The second kappa shape index (κ2) is 9.84. The summed E-state index contributed by atoms with van der Waals surface area (Å²) in [5.41, 5.74) is 1.40. The second-order valence-electron chi connectivity index (χ2n) is 3.87. The average Bonchev–Trinajstić information content (AvgIpc) is 2.50. The van der Waals surface area contributed by atoms with Crippen molar-refractivity contribution in [2.75, 3.05) is 25.7 Å². The van der Waals surface area contributed by atoms with Gasteiger partial charge in [-0.2, -0.15) is 0 Å². The molecule has 21 heavy (non-hydrogen) atoms. The minimum Gasteiger partial charge on any atom is -0.351 e. The minimum atomic E-state index is -3.14. The van der Waals surface area contributed by atoms with Crippen molar-refractivity contribution in [3.05, 3.63) is 35.4 Å². The van der Waals surface area contributed by atoms with Crippen molar-refractivity contribution < 1.29 is 18.7 Å². The Morgan fingerprint density at radius 1 is 1.43 bits per heavy atom. The van der Waals surface area contributed by atoms with Crippen LogP contribution in [-0.4, -0.2) is 36.5 Å². The van der Waals surface area contributed by atoms with Crippen molar-refractivity contribution in [2.45, 2.75) is 6.61 Å². The molecule has 2 N–H and O–H groups in total. The Bertz CT molecular complexity index is 498. The highest BCUT2D eigenvalue weighted by atomic mass is 33.1. The number of carbonyl (C=O) groups excluding carboxylic acids is 1. The molecule has 1 rings (SSSR count). The molecule has 0 bridgehead atoms. The summed E-state index contributed by atoms with van der Waals surface area (Å²) in [5, 5.41) is 2.84. The van der Waals surface area contributed by atoms with Crippen molar-refractivity contribution in [1.82, 2.24) is 5.32 Å². The van der Waals surface area contributed by atoms with Crippen LogP contribution in [0.4, 0.5) is 0 Å². The van der Waals surface area contributed by atoms with Crippen LogP contribution in [0.2, 0.25) is 0 Å². The third-order valence-electron chi connectivity index (χ3n) is 2.43. The molecule has 0 aliphatic rings. The van der Waals surface area contributed by atoms with E-state index in [9.17, 15) is 9.69 Å². The Morgan fingerprint density at radius 2 is 2.10 bits per heavy atom. The van der Waals surface area contributed by atoms with Gasteiger partial charge >= 0.3 is 6.72 Å². The van der Waals surface area contributed by atoms with E-state index in [0.717, 1.165) is 11.3 Å². The number of hydrogen-bond acceptors (Lipinski definition) is 6. The van der Waals surface area contributed by atoms with Gasteiger partial charge in [0, 0.05) is 25.0 Å². The normalized spacial score (nSPS) is 13.7. The summed E-state index contributed by atoms with van der Waals surface area (Å²) in [6.45, 7) is -2.36. The van der Waals surface area contributed by atoms with Gasteiger partial charge < -0.3 is 19.3 Å². The second-order valence-corrected chi connectivity index (χ2v) is 9.50. The number of benzene rings is 1. The fourth-order valence-corrected chi connectivity index (χ4v) is 3.03. The topological polar surface area (TPSA) is 67.8 Å². The zero-order chi connectivity index (χ0) is 15.7. The van der Waals surface area contributed by atoms with E-state index in [0.29, 0.717) is 12.1 Å². The molecule has 0 radical (unpaired) electrons. The number of rotatable bonds is 9. The maximum atomic E-state index is 11.9. The van der Waals surface area contributed by atoms with E-state index in [1.165, 1.54) is 7.11 Å². The Balaban J connectivity index is 2.46. The zero-order valence-electron chi connectivity index (χ0n) is 11.8. The van der Waals surface area contributed by atoms with Crippen LogP contribution in [-0.2, 0) is 27.5 Å². The monoisotopic (exact) mass is 367 g/mol. The highest BCUT2D eigenvalue weighted by molar-refractivity contribution is 8.76. The molecule has 9 heteroatoms. The maximum absolute atomic E-state index is 11.9. The first-order valence-corrected chi connectivity index (χ1v) is 11.4. The molecule has 0 spiro atoms. The fraction of sp³-hybridized carbons (Fsp3) is 0.417. The predicted octanol–water partition coefficient (Wildman–Crippen LogP) is 2.81. The summed E-state index contributed by atoms with van der Waals surface area (Å²) in [7, 11) is 4.69. The molecule has 1 aromatic rings. The van der Waals surface area contributed by atoms with Crippen LogP contribution in [0.3, 0.4) is 0 Å². The summed E-state index contributed by atoms with van der Waals surface area (Å²) in [4.78, 5) is 21.3. The molecule has 1 amide bonds. The molecule has 0 aromatic heterocycles. The molecule has 0 aliphatic heterocycles. The van der Waals surface area contributed by atoms with Crippen molar-refractivity contribution >= 4 is 46.0 Å². The first kappa shape index (κ1) is 19.0. The summed E-state index contributed by atoms with van der Waals surface area (Å²) in [6.07, 6.45) is 2.00. The Morgan fingerprint density at radius 3 is 2.67 bits per heavy atom. The number of amides is 1. The van der Waals surface area contributed by atoms with Gasteiger partial charge in [-0.1, -0.05) is 33.7 Å². The summed E-state index contributed by atoms with van der Waals surface area (Å²) in [6, 6.07) is 6.94. The van der Waals surface area contributed by atoms with E-state index >= 15 is 0 Å².